The number of carbonyl (C=O) groups is 2. The molecule has 34 heavy (non-hydrogen) atoms. The van der Waals surface area contributed by atoms with E-state index >= 15 is 0 Å². The van der Waals surface area contributed by atoms with Gasteiger partial charge in [0.25, 0.3) is 5.91 Å². The number of amides is 2. The van der Waals surface area contributed by atoms with Crippen molar-refractivity contribution in [1.82, 2.24) is 14.7 Å². The number of benzene rings is 2. The number of primary amides is 1. The molecule has 4 aromatic rings. The van der Waals surface area contributed by atoms with Crippen LogP contribution in [0.1, 0.15) is 27.2 Å². The molecule has 0 bridgehead atoms. The second-order valence-electron chi connectivity index (χ2n) is 8.16. The van der Waals surface area contributed by atoms with E-state index in [1.54, 1.807) is 36.4 Å². The highest BCUT2D eigenvalue weighted by Gasteiger charge is 2.18. The lowest BCUT2D eigenvalue weighted by Crippen LogP contribution is -2.37. The number of hydrogen-bond acceptors (Lipinski definition) is 4. The van der Waals surface area contributed by atoms with Crippen LogP contribution in [0, 0.1) is 18.7 Å². The Bertz CT molecular complexity index is 1320. The molecule has 2 amide bonds. The minimum atomic E-state index is -0.618. The Kier molecular flexibility index (Phi) is 6.87. The van der Waals surface area contributed by atoms with Gasteiger partial charge in [0.15, 0.2) is 0 Å². The fraction of sp³-hybridized carbons (Fsp3) is 0.192. The fourth-order valence-electron chi connectivity index (χ4n) is 3.61. The van der Waals surface area contributed by atoms with Gasteiger partial charge in [-0.1, -0.05) is 24.3 Å². The van der Waals surface area contributed by atoms with Crippen LogP contribution in [0.15, 0.2) is 73.1 Å². The number of halogens is 1. The fourth-order valence-corrected chi connectivity index (χ4v) is 3.61. The molecule has 0 saturated heterocycles. The third-order valence-corrected chi connectivity index (χ3v) is 5.44. The Balaban J connectivity index is 1.35. The molecule has 0 spiro atoms. The molecule has 1 unspecified atom stereocenters. The summed E-state index contributed by atoms with van der Waals surface area (Å²) in [6, 6.07) is 16.6. The number of aromatic nitrogens is 2. The molecule has 7 nitrogen and oxygen atoms in total. The molecule has 0 aliphatic heterocycles. The Morgan fingerprint density at radius 1 is 1.12 bits per heavy atom. The zero-order chi connectivity index (χ0) is 24.1. The van der Waals surface area contributed by atoms with Gasteiger partial charge in [0.2, 0.25) is 5.91 Å². The van der Waals surface area contributed by atoms with Crippen LogP contribution in [0.5, 0.6) is 5.75 Å². The first-order valence-corrected chi connectivity index (χ1v) is 10.9. The van der Waals surface area contributed by atoms with E-state index in [9.17, 15) is 14.0 Å². The number of nitrogens with zero attached hydrogens (tertiary/aromatic N) is 2. The van der Waals surface area contributed by atoms with Crippen molar-refractivity contribution in [3.8, 4) is 5.75 Å². The van der Waals surface area contributed by atoms with E-state index in [1.165, 1.54) is 12.1 Å². The average molecular weight is 461 g/mol. The van der Waals surface area contributed by atoms with E-state index in [-0.39, 0.29) is 24.9 Å². The lowest BCUT2D eigenvalue weighted by Gasteiger charge is -2.15. The Morgan fingerprint density at radius 3 is 2.68 bits per heavy atom. The van der Waals surface area contributed by atoms with Crippen molar-refractivity contribution >= 4 is 17.5 Å². The predicted octanol–water partition coefficient (Wildman–Crippen LogP) is 3.43. The van der Waals surface area contributed by atoms with Crippen LogP contribution in [-0.4, -0.2) is 27.7 Å². The first-order chi connectivity index (χ1) is 16.4. The smallest absolute Gasteiger partial charge is 0.251 e. The summed E-state index contributed by atoms with van der Waals surface area (Å²) >= 11 is 0. The number of ether oxygens (including phenoxy) is 1. The average Bonchev–Trinajstić information content (AvgIpc) is 3.23. The third-order valence-electron chi connectivity index (χ3n) is 5.44. The molecule has 3 N–H and O–H groups in total. The van der Waals surface area contributed by atoms with Crippen LogP contribution in [0.25, 0.3) is 5.65 Å². The molecule has 0 aliphatic rings. The van der Waals surface area contributed by atoms with Gasteiger partial charge < -0.3 is 20.2 Å². The second kappa shape index (κ2) is 10.2. The summed E-state index contributed by atoms with van der Waals surface area (Å²) < 4.78 is 20.9. The second-order valence-corrected chi connectivity index (χ2v) is 8.16. The van der Waals surface area contributed by atoms with Gasteiger partial charge in [0.05, 0.1) is 11.6 Å². The van der Waals surface area contributed by atoms with Crippen LogP contribution >= 0.6 is 0 Å². The summed E-state index contributed by atoms with van der Waals surface area (Å²) in [7, 11) is 0. The van der Waals surface area contributed by atoms with Crippen molar-refractivity contribution in [1.29, 1.82) is 0 Å². The van der Waals surface area contributed by atoms with E-state index in [0.717, 1.165) is 22.5 Å². The van der Waals surface area contributed by atoms with Crippen molar-refractivity contribution < 1.29 is 18.7 Å². The number of nitrogens with one attached hydrogen (secondary N) is 1. The normalized spacial score (nSPS) is 11.8. The monoisotopic (exact) mass is 460 g/mol. The van der Waals surface area contributed by atoms with Crippen LogP contribution in [-0.2, 0) is 17.8 Å². The number of hydrogen-bond donors (Lipinski definition) is 2. The van der Waals surface area contributed by atoms with Gasteiger partial charge in [-0.25, -0.2) is 9.37 Å². The van der Waals surface area contributed by atoms with Gasteiger partial charge in [0, 0.05) is 24.5 Å². The van der Waals surface area contributed by atoms with E-state index in [1.807, 2.05) is 35.9 Å². The topological polar surface area (TPSA) is 98.7 Å². The zero-order valence-electron chi connectivity index (χ0n) is 18.7. The lowest BCUT2D eigenvalue weighted by molar-refractivity contribution is -0.121. The maximum absolute atomic E-state index is 13.1. The number of rotatable bonds is 9. The van der Waals surface area contributed by atoms with E-state index in [4.69, 9.17) is 10.5 Å². The Morgan fingerprint density at radius 2 is 1.91 bits per heavy atom. The van der Waals surface area contributed by atoms with Gasteiger partial charge in [-0.3, -0.25) is 9.59 Å². The summed E-state index contributed by atoms with van der Waals surface area (Å²) in [5.74, 6) is -1.33. The highest BCUT2D eigenvalue weighted by molar-refractivity contribution is 5.94. The van der Waals surface area contributed by atoms with Crippen LogP contribution in [0.2, 0.25) is 0 Å². The highest BCUT2D eigenvalue weighted by atomic mass is 19.1. The van der Waals surface area contributed by atoms with Crippen LogP contribution < -0.4 is 15.8 Å². The molecule has 174 valence electrons. The van der Waals surface area contributed by atoms with E-state index < -0.39 is 11.8 Å². The summed E-state index contributed by atoms with van der Waals surface area (Å²) in [4.78, 5) is 29.0. The van der Waals surface area contributed by atoms with E-state index in [0.29, 0.717) is 17.7 Å². The van der Waals surface area contributed by atoms with Crippen molar-refractivity contribution in [3.63, 3.8) is 0 Å². The highest BCUT2D eigenvalue weighted by Crippen LogP contribution is 2.16. The predicted molar refractivity (Wildman–Crippen MR) is 126 cm³/mol. The van der Waals surface area contributed by atoms with Gasteiger partial charge in [0.1, 0.15) is 23.8 Å². The first kappa shape index (κ1) is 23.0. The lowest BCUT2D eigenvalue weighted by atomic mass is 9.98. The summed E-state index contributed by atoms with van der Waals surface area (Å²) in [5, 5.41) is 2.75. The number of nitrogens with two attached hydrogens (primary N) is 1. The molecule has 0 radical (unpaired) electrons. The zero-order valence-corrected chi connectivity index (χ0v) is 18.7. The van der Waals surface area contributed by atoms with Crippen molar-refractivity contribution in [3.05, 3.63) is 101 Å². The first-order valence-electron chi connectivity index (χ1n) is 10.9. The molecule has 2 aromatic carbocycles. The molecule has 2 heterocycles. The minimum absolute atomic E-state index is 0.0668. The van der Waals surface area contributed by atoms with E-state index in [2.05, 4.69) is 10.3 Å². The number of aryl methyl sites for hydroxylation is 1. The number of imidazole rings is 1. The van der Waals surface area contributed by atoms with Crippen molar-refractivity contribution in [2.75, 3.05) is 6.54 Å². The van der Waals surface area contributed by atoms with Crippen molar-refractivity contribution in [2.45, 2.75) is 20.0 Å². The molecular formula is C26H25FN4O3. The Hall–Kier alpha value is -4.20. The maximum Gasteiger partial charge on any atom is 0.251 e. The standard InChI is InChI=1S/C26H25FN4O3/c1-17-5-10-24-30-22(15-31(24)14-17)16-34-23-4-2-3-19(12-23)26(33)29-13-20(25(28)32)11-18-6-8-21(27)9-7-18/h2-10,12,14-15,20H,11,13,16H2,1H3,(H2,28,32)(H,29,33). The van der Waals surface area contributed by atoms with Gasteiger partial charge in [-0.15, -0.1) is 0 Å². The molecule has 1 atom stereocenters. The molecular weight excluding hydrogens is 435 g/mol. The largest absolute Gasteiger partial charge is 0.487 e. The Labute approximate surface area is 196 Å². The molecule has 0 aliphatic carbocycles. The molecule has 0 saturated carbocycles. The third kappa shape index (κ3) is 5.78. The van der Waals surface area contributed by atoms with Gasteiger partial charge in [-0.2, -0.15) is 0 Å². The molecule has 0 fully saturated rings. The molecule has 8 heteroatoms. The quantitative estimate of drug-likeness (QED) is 0.400. The van der Waals surface area contributed by atoms with Gasteiger partial charge >= 0.3 is 0 Å². The number of pyridine rings is 1. The minimum Gasteiger partial charge on any atom is -0.487 e. The summed E-state index contributed by atoms with van der Waals surface area (Å²) in [5.41, 5.74) is 9.40. The number of carbonyl (C=O) groups excluding carboxylic acids is 2. The van der Waals surface area contributed by atoms with Crippen LogP contribution in [0.3, 0.4) is 0 Å². The van der Waals surface area contributed by atoms with Crippen molar-refractivity contribution in [2.24, 2.45) is 11.7 Å². The molecule has 2 aromatic heterocycles. The number of fused-ring (bicyclic) bond motifs is 1. The maximum atomic E-state index is 13.1. The summed E-state index contributed by atoms with van der Waals surface area (Å²) in [6.45, 7) is 2.34. The van der Waals surface area contributed by atoms with Gasteiger partial charge in [-0.05, 0) is 60.9 Å². The summed E-state index contributed by atoms with van der Waals surface area (Å²) in [6.07, 6.45) is 4.20. The SMILES string of the molecule is Cc1ccc2nc(COc3cccc(C(=O)NCC(Cc4ccc(F)cc4)C(N)=O)c3)cn2c1. The molecule has 4 rings (SSSR count). The van der Waals surface area contributed by atoms with Crippen LogP contribution in [0.4, 0.5) is 4.39 Å².